The van der Waals surface area contributed by atoms with E-state index in [1.165, 1.54) is 18.2 Å². The summed E-state index contributed by atoms with van der Waals surface area (Å²) in [4.78, 5) is 12.0. The summed E-state index contributed by atoms with van der Waals surface area (Å²) in [6, 6.07) is 11.0. The third-order valence-corrected chi connectivity index (χ3v) is 5.31. The standard InChI is InChI=1S/C13H8BrN3O3S2/c14-9-6-4-8(5-7-9)13(18)17-22(19,20)11-3-1-2-10-12(11)16-21-15-10/h1-7H,(H,17,18). The van der Waals surface area contributed by atoms with Gasteiger partial charge >= 0.3 is 0 Å². The van der Waals surface area contributed by atoms with E-state index < -0.39 is 15.9 Å². The van der Waals surface area contributed by atoms with Crippen molar-refractivity contribution in [1.82, 2.24) is 13.5 Å². The van der Waals surface area contributed by atoms with E-state index >= 15 is 0 Å². The van der Waals surface area contributed by atoms with E-state index in [2.05, 4.69) is 24.7 Å². The number of hydrogen-bond acceptors (Lipinski definition) is 6. The maximum atomic E-state index is 12.4. The molecule has 3 rings (SSSR count). The molecule has 9 heteroatoms. The van der Waals surface area contributed by atoms with Crippen LogP contribution in [0.3, 0.4) is 0 Å². The second-order valence-corrected chi connectivity index (χ2v) is 7.42. The van der Waals surface area contributed by atoms with Gasteiger partial charge in [-0.2, -0.15) is 8.75 Å². The lowest BCUT2D eigenvalue weighted by atomic mass is 10.2. The minimum atomic E-state index is -4.02. The van der Waals surface area contributed by atoms with Gasteiger partial charge in [-0.25, -0.2) is 13.1 Å². The molecule has 1 N–H and O–H groups in total. The number of rotatable bonds is 3. The lowest BCUT2D eigenvalue weighted by molar-refractivity contribution is 0.0981. The van der Waals surface area contributed by atoms with Crippen molar-refractivity contribution in [3.63, 3.8) is 0 Å². The number of fused-ring (bicyclic) bond motifs is 1. The molecule has 0 atom stereocenters. The predicted octanol–water partition coefficient (Wildman–Crippen LogP) is 2.57. The highest BCUT2D eigenvalue weighted by Crippen LogP contribution is 2.21. The SMILES string of the molecule is O=C(NS(=O)(=O)c1cccc2nsnc12)c1ccc(Br)cc1. The predicted molar refractivity (Wildman–Crippen MR) is 86.2 cm³/mol. The first kappa shape index (κ1) is 15.1. The highest BCUT2D eigenvalue weighted by atomic mass is 79.9. The maximum absolute atomic E-state index is 12.4. The van der Waals surface area contributed by atoms with Crippen molar-refractivity contribution < 1.29 is 13.2 Å². The molecule has 1 heterocycles. The normalized spacial score (nSPS) is 11.5. The average Bonchev–Trinajstić information content (AvgIpc) is 2.95. The van der Waals surface area contributed by atoms with Gasteiger partial charge in [0, 0.05) is 10.0 Å². The second-order valence-electron chi connectivity index (χ2n) is 4.33. The Labute approximate surface area is 138 Å². The largest absolute Gasteiger partial charge is 0.268 e. The fraction of sp³-hybridized carbons (Fsp3) is 0. The van der Waals surface area contributed by atoms with Gasteiger partial charge in [0.25, 0.3) is 15.9 Å². The molecule has 3 aromatic rings. The zero-order chi connectivity index (χ0) is 15.7. The number of aromatic nitrogens is 2. The van der Waals surface area contributed by atoms with Crippen LogP contribution in [0, 0.1) is 0 Å². The Morgan fingerprint density at radius 2 is 1.82 bits per heavy atom. The lowest BCUT2D eigenvalue weighted by Gasteiger charge is -2.07. The second kappa shape index (κ2) is 5.75. The Morgan fingerprint density at radius 3 is 2.55 bits per heavy atom. The molecule has 1 aromatic heterocycles. The van der Waals surface area contributed by atoms with Crippen LogP contribution in [0.4, 0.5) is 0 Å². The summed E-state index contributed by atoms with van der Waals surface area (Å²) < 4.78 is 35.6. The van der Waals surface area contributed by atoms with E-state index in [1.807, 2.05) is 4.72 Å². The van der Waals surface area contributed by atoms with Crippen molar-refractivity contribution in [3.05, 3.63) is 52.5 Å². The maximum Gasteiger partial charge on any atom is 0.266 e. The molecule has 0 bridgehead atoms. The molecule has 0 saturated carbocycles. The molecule has 0 spiro atoms. The number of benzene rings is 2. The molecule has 2 aromatic carbocycles. The van der Waals surface area contributed by atoms with Gasteiger partial charge < -0.3 is 0 Å². The van der Waals surface area contributed by atoms with Crippen LogP contribution in [0.2, 0.25) is 0 Å². The smallest absolute Gasteiger partial charge is 0.266 e. The van der Waals surface area contributed by atoms with Crippen molar-refractivity contribution in [3.8, 4) is 0 Å². The third kappa shape index (κ3) is 2.87. The molecule has 6 nitrogen and oxygen atoms in total. The lowest BCUT2D eigenvalue weighted by Crippen LogP contribution is -2.30. The zero-order valence-electron chi connectivity index (χ0n) is 10.9. The zero-order valence-corrected chi connectivity index (χ0v) is 14.1. The van der Waals surface area contributed by atoms with Crippen LogP contribution in [0.5, 0.6) is 0 Å². The van der Waals surface area contributed by atoms with Crippen LogP contribution >= 0.6 is 27.7 Å². The fourth-order valence-corrected chi connectivity index (χ4v) is 3.84. The van der Waals surface area contributed by atoms with Crippen molar-refractivity contribution in [1.29, 1.82) is 0 Å². The highest BCUT2D eigenvalue weighted by Gasteiger charge is 2.22. The molecule has 1 amide bonds. The van der Waals surface area contributed by atoms with Gasteiger partial charge in [0.1, 0.15) is 15.9 Å². The summed E-state index contributed by atoms with van der Waals surface area (Å²) in [7, 11) is -4.02. The Morgan fingerprint density at radius 1 is 1.09 bits per heavy atom. The van der Waals surface area contributed by atoms with Crippen LogP contribution in [0.1, 0.15) is 10.4 Å². The quantitative estimate of drug-likeness (QED) is 0.733. The molecule has 0 aliphatic heterocycles. The molecule has 0 fully saturated rings. The molecule has 0 aliphatic rings. The first-order chi connectivity index (χ1) is 10.5. The fourth-order valence-electron chi connectivity index (χ4n) is 1.84. The highest BCUT2D eigenvalue weighted by molar-refractivity contribution is 9.10. The van der Waals surface area contributed by atoms with E-state index in [1.54, 1.807) is 24.3 Å². The first-order valence-corrected chi connectivity index (χ1v) is 9.02. The summed E-state index contributed by atoms with van der Waals surface area (Å²) in [5.74, 6) is -0.701. The number of sulfonamides is 1. The monoisotopic (exact) mass is 397 g/mol. The van der Waals surface area contributed by atoms with Crippen molar-refractivity contribution >= 4 is 54.6 Å². The number of nitrogens with one attached hydrogen (secondary N) is 1. The summed E-state index contributed by atoms with van der Waals surface area (Å²) in [6.45, 7) is 0. The van der Waals surface area contributed by atoms with Crippen molar-refractivity contribution in [2.24, 2.45) is 0 Å². The molecular weight excluding hydrogens is 390 g/mol. The van der Waals surface area contributed by atoms with Gasteiger partial charge in [-0.05, 0) is 36.4 Å². The topological polar surface area (TPSA) is 89.0 Å². The summed E-state index contributed by atoms with van der Waals surface area (Å²) in [5, 5.41) is 0. The van der Waals surface area contributed by atoms with Crippen LogP contribution in [0.25, 0.3) is 11.0 Å². The average molecular weight is 398 g/mol. The van der Waals surface area contributed by atoms with Gasteiger partial charge in [0.15, 0.2) is 0 Å². The molecule has 22 heavy (non-hydrogen) atoms. The van der Waals surface area contributed by atoms with E-state index in [-0.39, 0.29) is 16.0 Å². The van der Waals surface area contributed by atoms with E-state index in [4.69, 9.17) is 0 Å². The molecular formula is C13H8BrN3O3S2. The number of amides is 1. The number of carbonyl (C=O) groups is 1. The van der Waals surface area contributed by atoms with Gasteiger partial charge in [-0.3, -0.25) is 4.79 Å². The molecule has 0 radical (unpaired) electrons. The Kier molecular flexibility index (Phi) is 3.94. The van der Waals surface area contributed by atoms with Crippen molar-refractivity contribution in [2.75, 3.05) is 0 Å². The third-order valence-electron chi connectivity index (χ3n) is 2.87. The van der Waals surface area contributed by atoms with E-state index in [0.29, 0.717) is 5.52 Å². The van der Waals surface area contributed by atoms with Gasteiger partial charge in [-0.15, -0.1) is 0 Å². The van der Waals surface area contributed by atoms with Crippen LogP contribution < -0.4 is 4.72 Å². The van der Waals surface area contributed by atoms with Gasteiger partial charge in [0.05, 0.1) is 11.7 Å². The summed E-state index contributed by atoms with van der Waals surface area (Å²) in [6.07, 6.45) is 0. The van der Waals surface area contributed by atoms with Crippen LogP contribution in [0.15, 0.2) is 51.8 Å². The Hall–Kier alpha value is -1.84. The van der Waals surface area contributed by atoms with Crippen LogP contribution in [-0.4, -0.2) is 23.1 Å². The minimum absolute atomic E-state index is 0.0655. The molecule has 112 valence electrons. The number of hydrogen-bond donors (Lipinski definition) is 1. The summed E-state index contributed by atoms with van der Waals surface area (Å²) >= 11 is 4.17. The molecule has 0 aliphatic carbocycles. The van der Waals surface area contributed by atoms with E-state index in [9.17, 15) is 13.2 Å². The summed E-state index contributed by atoms with van der Waals surface area (Å²) in [5.41, 5.74) is 0.975. The van der Waals surface area contributed by atoms with Crippen LogP contribution in [-0.2, 0) is 10.0 Å². The molecule has 0 saturated heterocycles. The first-order valence-electron chi connectivity index (χ1n) is 6.01. The number of nitrogens with zero attached hydrogens (tertiary/aromatic N) is 2. The Balaban J connectivity index is 1.95. The van der Waals surface area contributed by atoms with E-state index in [0.717, 1.165) is 16.2 Å². The van der Waals surface area contributed by atoms with Gasteiger partial charge in [0.2, 0.25) is 0 Å². The minimum Gasteiger partial charge on any atom is -0.268 e. The Bertz CT molecular complexity index is 952. The number of halogens is 1. The van der Waals surface area contributed by atoms with Crippen molar-refractivity contribution in [2.45, 2.75) is 4.90 Å². The van der Waals surface area contributed by atoms with Gasteiger partial charge in [-0.1, -0.05) is 22.0 Å². The number of carbonyl (C=O) groups excluding carboxylic acids is 1. The molecule has 0 unspecified atom stereocenters.